The molecule has 4 heterocycles. The fourth-order valence-corrected chi connectivity index (χ4v) is 4.05. The summed E-state index contributed by atoms with van der Waals surface area (Å²) in [5.74, 6) is 0.671. The minimum Gasteiger partial charge on any atom is -0.459 e. The Balaban J connectivity index is 1.49. The highest BCUT2D eigenvalue weighted by Crippen LogP contribution is 2.30. The second-order valence-electron chi connectivity index (χ2n) is 7.76. The summed E-state index contributed by atoms with van der Waals surface area (Å²) in [7, 11) is 0. The van der Waals surface area contributed by atoms with Gasteiger partial charge in [0.2, 0.25) is 5.91 Å². The molecular formula is C22H23N5O3. The first kappa shape index (κ1) is 18.6. The maximum absolute atomic E-state index is 13.2. The van der Waals surface area contributed by atoms with Crippen molar-refractivity contribution in [2.24, 2.45) is 0 Å². The van der Waals surface area contributed by atoms with E-state index in [4.69, 9.17) is 4.42 Å². The summed E-state index contributed by atoms with van der Waals surface area (Å²) in [6, 6.07) is 7.81. The molecule has 0 spiro atoms. The summed E-state index contributed by atoms with van der Waals surface area (Å²) in [6.07, 6.45) is 5.31. The van der Waals surface area contributed by atoms with Crippen LogP contribution in [0.25, 0.3) is 22.0 Å². The third-order valence-electron chi connectivity index (χ3n) is 5.63. The summed E-state index contributed by atoms with van der Waals surface area (Å²) in [6.45, 7) is 4.85. The van der Waals surface area contributed by atoms with Crippen molar-refractivity contribution in [1.29, 1.82) is 0 Å². The van der Waals surface area contributed by atoms with Crippen LogP contribution in [0.15, 0.2) is 45.9 Å². The quantitative estimate of drug-likeness (QED) is 0.492. The summed E-state index contributed by atoms with van der Waals surface area (Å²) in [5, 5.41) is 4.97. The number of aromatic nitrogens is 4. The van der Waals surface area contributed by atoms with E-state index in [1.807, 2.05) is 47.6 Å². The van der Waals surface area contributed by atoms with Crippen LogP contribution in [0.2, 0.25) is 0 Å². The molecular weight excluding hydrogens is 382 g/mol. The van der Waals surface area contributed by atoms with E-state index in [2.05, 4.69) is 10.1 Å². The van der Waals surface area contributed by atoms with Crippen molar-refractivity contribution in [3.05, 3.63) is 58.5 Å². The monoisotopic (exact) mass is 405 g/mol. The van der Waals surface area contributed by atoms with Crippen LogP contribution in [-0.2, 0) is 24.4 Å². The lowest BCUT2D eigenvalue weighted by Gasteiger charge is -2.22. The molecule has 0 N–H and O–H groups in total. The van der Waals surface area contributed by atoms with E-state index < -0.39 is 0 Å². The van der Waals surface area contributed by atoms with Crippen LogP contribution in [-0.4, -0.2) is 36.2 Å². The number of aryl methyl sites for hydroxylation is 2. The molecule has 0 aliphatic heterocycles. The van der Waals surface area contributed by atoms with Crippen molar-refractivity contribution in [2.75, 3.05) is 0 Å². The number of carbonyl (C=O) groups excluding carboxylic acids is 1. The van der Waals surface area contributed by atoms with E-state index in [-0.39, 0.29) is 24.1 Å². The molecule has 1 aliphatic carbocycles. The molecule has 0 aromatic carbocycles. The van der Waals surface area contributed by atoms with Crippen LogP contribution in [0.3, 0.4) is 0 Å². The second kappa shape index (κ2) is 7.12. The molecule has 8 heteroatoms. The number of pyridine rings is 1. The Labute approximate surface area is 172 Å². The third kappa shape index (κ3) is 3.08. The number of rotatable bonds is 6. The SMILES string of the molecule is CCn1c2cc(C)oc2c2cnn(CC(=O)N(Cc3ccccn3)C3CC3)c(=O)c21. The van der Waals surface area contributed by atoms with Crippen LogP contribution in [0.5, 0.6) is 0 Å². The van der Waals surface area contributed by atoms with Gasteiger partial charge in [-0.15, -0.1) is 0 Å². The van der Waals surface area contributed by atoms with Crippen molar-refractivity contribution < 1.29 is 9.21 Å². The van der Waals surface area contributed by atoms with Gasteiger partial charge in [0.1, 0.15) is 17.8 Å². The molecule has 1 fully saturated rings. The number of hydrogen-bond acceptors (Lipinski definition) is 5. The number of amides is 1. The Morgan fingerprint density at radius 2 is 2.17 bits per heavy atom. The van der Waals surface area contributed by atoms with Crippen molar-refractivity contribution in [3.63, 3.8) is 0 Å². The first-order valence-electron chi connectivity index (χ1n) is 10.2. The van der Waals surface area contributed by atoms with Gasteiger partial charge in [-0.1, -0.05) is 6.07 Å². The van der Waals surface area contributed by atoms with Gasteiger partial charge in [0, 0.05) is 24.8 Å². The summed E-state index contributed by atoms with van der Waals surface area (Å²) < 4.78 is 8.98. The van der Waals surface area contributed by atoms with E-state index in [1.165, 1.54) is 4.68 Å². The fourth-order valence-electron chi connectivity index (χ4n) is 4.05. The molecule has 1 aliphatic rings. The molecule has 4 aromatic rings. The summed E-state index contributed by atoms with van der Waals surface area (Å²) in [5.41, 5.74) is 2.63. The van der Waals surface area contributed by atoms with Gasteiger partial charge in [0.05, 0.1) is 29.3 Å². The smallest absolute Gasteiger partial charge is 0.291 e. The van der Waals surface area contributed by atoms with Gasteiger partial charge in [-0.05, 0) is 38.8 Å². The molecule has 0 unspecified atom stereocenters. The van der Waals surface area contributed by atoms with E-state index in [0.29, 0.717) is 29.6 Å². The van der Waals surface area contributed by atoms with Gasteiger partial charge in [0.25, 0.3) is 5.56 Å². The maximum Gasteiger partial charge on any atom is 0.291 e. The molecule has 0 atom stereocenters. The van der Waals surface area contributed by atoms with Gasteiger partial charge in [0.15, 0.2) is 5.58 Å². The molecule has 30 heavy (non-hydrogen) atoms. The van der Waals surface area contributed by atoms with Crippen molar-refractivity contribution in [2.45, 2.75) is 52.4 Å². The third-order valence-corrected chi connectivity index (χ3v) is 5.63. The van der Waals surface area contributed by atoms with Crippen LogP contribution in [0.1, 0.15) is 31.2 Å². The Morgan fingerprint density at radius 1 is 1.33 bits per heavy atom. The lowest BCUT2D eigenvalue weighted by Crippen LogP contribution is -2.38. The Kier molecular flexibility index (Phi) is 4.42. The lowest BCUT2D eigenvalue weighted by molar-refractivity contribution is -0.133. The molecule has 1 amide bonds. The van der Waals surface area contributed by atoms with Crippen LogP contribution in [0, 0.1) is 6.92 Å². The van der Waals surface area contributed by atoms with Gasteiger partial charge in [-0.2, -0.15) is 5.10 Å². The zero-order valence-corrected chi connectivity index (χ0v) is 17.0. The number of fused-ring (bicyclic) bond motifs is 3. The van der Waals surface area contributed by atoms with E-state index >= 15 is 0 Å². The van der Waals surface area contributed by atoms with Crippen LogP contribution >= 0.6 is 0 Å². The van der Waals surface area contributed by atoms with Crippen molar-refractivity contribution in [3.8, 4) is 0 Å². The predicted molar refractivity (Wildman–Crippen MR) is 112 cm³/mol. The van der Waals surface area contributed by atoms with Gasteiger partial charge in [-0.25, -0.2) is 4.68 Å². The lowest BCUT2D eigenvalue weighted by atomic mass is 10.3. The highest BCUT2D eigenvalue weighted by molar-refractivity contribution is 6.04. The first-order valence-corrected chi connectivity index (χ1v) is 10.2. The highest BCUT2D eigenvalue weighted by atomic mass is 16.3. The van der Waals surface area contributed by atoms with Crippen molar-refractivity contribution in [1.82, 2.24) is 24.2 Å². The van der Waals surface area contributed by atoms with E-state index in [0.717, 1.165) is 29.8 Å². The maximum atomic E-state index is 13.2. The first-order chi connectivity index (χ1) is 14.6. The molecule has 5 rings (SSSR count). The Bertz CT molecular complexity index is 1300. The number of nitrogens with zero attached hydrogens (tertiary/aromatic N) is 5. The molecule has 0 saturated heterocycles. The zero-order valence-electron chi connectivity index (χ0n) is 17.0. The zero-order chi connectivity index (χ0) is 20.8. The van der Waals surface area contributed by atoms with Crippen LogP contribution in [0.4, 0.5) is 0 Å². The minimum atomic E-state index is -0.277. The topological polar surface area (TPSA) is 86.2 Å². The number of hydrogen-bond donors (Lipinski definition) is 0. The minimum absolute atomic E-state index is 0.0899. The number of furan rings is 1. The molecule has 1 saturated carbocycles. The van der Waals surface area contributed by atoms with Crippen LogP contribution < -0.4 is 5.56 Å². The average molecular weight is 405 g/mol. The molecule has 0 radical (unpaired) electrons. The fraction of sp³-hybridized carbons (Fsp3) is 0.364. The standard InChI is InChI=1S/C22H23N5O3/c1-3-25-18-10-14(2)30-21(18)17-11-24-27(22(29)20(17)25)13-19(28)26(16-7-8-16)12-15-6-4-5-9-23-15/h4-6,9-11,16H,3,7-8,12-13H2,1-2H3. The van der Waals surface area contributed by atoms with Gasteiger partial charge < -0.3 is 13.9 Å². The number of carbonyl (C=O) groups is 1. The van der Waals surface area contributed by atoms with Gasteiger partial charge in [-0.3, -0.25) is 14.6 Å². The molecule has 8 nitrogen and oxygen atoms in total. The molecule has 0 bridgehead atoms. The molecule has 4 aromatic heterocycles. The summed E-state index contributed by atoms with van der Waals surface area (Å²) in [4.78, 5) is 32.4. The summed E-state index contributed by atoms with van der Waals surface area (Å²) >= 11 is 0. The predicted octanol–water partition coefficient (Wildman–Crippen LogP) is 2.86. The van der Waals surface area contributed by atoms with E-state index in [1.54, 1.807) is 12.4 Å². The van der Waals surface area contributed by atoms with Crippen molar-refractivity contribution >= 4 is 27.9 Å². The second-order valence-corrected chi connectivity index (χ2v) is 7.76. The normalized spacial score (nSPS) is 13.9. The largest absolute Gasteiger partial charge is 0.459 e. The molecule has 154 valence electrons. The highest BCUT2D eigenvalue weighted by Gasteiger charge is 2.33. The van der Waals surface area contributed by atoms with Gasteiger partial charge >= 0.3 is 0 Å². The Morgan fingerprint density at radius 3 is 2.87 bits per heavy atom. The Hall–Kier alpha value is -3.42. The average Bonchev–Trinajstić information content (AvgIpc) is 3.45. The van der Waals surface area contributed by atoms with E-state index in [9.17, 15) is 9.59 Å².